The monoisotopic (exact) mass is 457 g/mol. The molecule has 1 aliphatic heterocycles. The van der Waals surface area contributed by atoms with Gasteiger partial charge in [-0.05, 0) is 41.5 Å². The van der Waals surface area contributed by atoms with Gasteiger partial charge in [0.1, 0.15) is 0 Å². The van der Waals surface area contributed by atoms with Crippen LogP contribution in [-0.2, 0) is 4.79 Å². The number of amides is 1. The Morgan fingerprint density at radius 1 is 0.926 bits per heavy atom. The van der Waals surface area contributed by atoms with Gasteiger partial charge in [0.2, 0.25) is 5.91 Å². The third-order valence-corrected chi connectivity index (χ3v) is 5.59. The fourth-order valence-corrected chi connectivity index (χ4v) is 4.27. The number of nitrogens with zero attached hydrogens (tertiary/aromatic N) is 1. The van der Waals surface area contributed by atoms with Crippen LogP contribution in [0.2, 0.25) is 10.0 Å². The minimum Gasteiger partial charge on any atom is -0.277 e. The maximum absolute atomic E-state index is 13.3. The van der Waals surface area contributed by atoms with Crippen LogP contribution in [0.25, 0.3) is 6.08 Å². The summed E-state index contributed by atoms with van der Waals surface area (Å²) in [7, 11) is 0. The topological polar surface area (TPSA) is 20.3 Å². The number of para-hydroxylation sites is 2. The number of benzene rings is 3. The van der Waals surface area contributed by atoms with Crippen LogP contribution in [0, 0.1) is 0 Å². The third-order valence-electron chi connectivity index (χ3n) is 4.49. The lowest BCUT2D eigenvalue weighted by Crippen LogP contribution is -2.23. The number of fused-ring (bicyclic) bond motifs is 1. The molecule has 1 aliphatic rings. The molecule has 3 aromatic carbocycles. The van der Waals surface area contributed by atoms with Gasteiger partial charge in [0.15, 0.2) is 0 Å². The molecule has 1 amide bonds. The summed E-state index contributed by atoms with van der Waals surface area (Å²) >= 11 is 16.2. The molecule has 0 N–H and O–H groups in total. The van der Waals surface area contributed by atoms with Crippen molar-refractivity contribution < 1.29 is 4.79 Å². The molecule has 27 heavy (non-hydrogen) atoms. The van der Waals surface area contributed by atoms with Crippen molar-refractivity contribution in [3.05, 3.63) is 98.5 Å². The number of rotatable bonds is 3. The molecule has 0 spiro atoms. The third kappa shape index (κ3) is 3.43. The standard InChI is InChI=1S/C22H14BrCl2NO/c23-15-6-3-5-14(13-15)11-12-17-16-7-1-2-10-20(16)26(22(17)27)21-18(24)8-4-9-19(21)25/h1-13,17H/b12-11-. The summed E-state index contributed by atoms with van der Waals surface area (Å²) in [5.74, 6) is -0.468. The summed E-state index contributed by atoms with van der Waals surface area (Å²) in [6.07, 6.45) is 3.88. The van der Waals surface area contributed by atoms with Crippen LogP contribution in [0.15, 0.2) is 77.3 Å². The highest BCUT2D eigenvalue weighted by molar-refractivity contribution is 9.10. The van der Waals surface area contributed by atoms with Gasteiger partial charge in [0, 0.05) is 4.47 Å². The van der Waals surface area contributed by atoms with Crippen LogP contribution in [-0.4, -0.2) is 5.91 Å². The lowest BCUT2D eigenvalue weighted by Gasteiger charge is -2.20. The lowest BCUT2D eigenvalue weighted by atomic mass is 9.99. The van der Waals surface area contributed by atoms with E-state index in [0.29, 0.717) is 15.7 Å². The van der Waals surface area contributed by atoms with E-state index in [1.54, 1.807) is 23.1 Å². The fourth-order valence-electron chi connectivity index (χ4n) is 3.28. The summed E-state index contributed by atoms with van der Waals surface area (Å²) in [6, 6.07) is 20.9. The second-order valence-electron chi connectivity index (χ2n) is 6.19. The van der Waals surface area contributed by atoms with Crippen molar-refractivity contribution in [1.29, 1.82) is 0 Å². The van der Waals surface area contributed by atoms with Crippen LogP contribution in [0.5, 0.6) is 0 Å². The Morgan fingerprint density at radius 2 is 1.63 bits per heavy atom. The highest BCUT2D eigenvalue weighted by Gasteiger charge is 2.38. The second-order valence-corrected chi connectivity index (χ2v) is 7.92. The number of anilines is 2. The van der Waals surface area contributed by atoms with Crippen LogP contribution >= 0.6 is 39.1 Å². The van der Waals surface area contributed by atoms with Crippen molar-refractivity contribution in [3.63, 3.8) is 0 Å². The van der Waals surface area contributed by atoms with Crippen molar-refractivity contribution in [2.75, 3.05) is 4.90 Å². The molecule has 2 nitrogen and oxygen atoms in total. The Hall–Kier alpha value is -2.07. The van der Waals surface area contributed by atoms with Gasteiger partial charge >= 0.3 is 0 Å². The average molecular weight is 459 g/mol. The maximum Gasteiger partial charge on any atom is 0.243 e. The minimum absolute atomic E-state index is 0.0718. The Balaban J connectivity index is 1.78. The van der Waals surface area contributed by atoms with E-state index >= 15 is 0 Å². The molecule has 134 valence electrons. The van der Waals surface area contributed by atoms with E-state index in [9.17, 15) is 4.79 Å². The van der Waals surface area contributed by atoms with Crippen molar-refractivity contribution in [2.24, 2.45) is 0 Å². The van der Waals surface area contributed by atoms with Crippen molar-refractivity contribution >= 4 is 62.5 Å². The van der Waals surface area contributed by atoms with E-state index in [0.717, 1.165) is 21.3 Å². The molecule has 0 fully saturated rings. The molecule has 5 heteroatoms. The summed E-state index contributed by atoms with van der Waals surface area (Å²) in [6.45, 7) is 0. The summed E-state index contributed by atoms with van der Waals surface area (Å²) in [5.41, 5.74) is 3.28. The number of hydrogen-bond acceptors (Lipinski definition) is 1. The number of halogens is 3. The van der Waals surface area contributed by atoms with Gasteiger partial charge in [-0.2, -0.15) is 0 Å². The van der Waals surface area contributed by atoms with Crippen molar-refractivity contribution in [3.8, 4) is 0 Å². The zero-order valence-electron chi connectivity index (χ0n) is 14.1. The molecule has 1 atom stereocenters. The zero-order chi connectivity index (χ0) is 19.0. The first-order valence-corrected chi connectivity index (χ1v) is 9.92. The molecule has 0 radical (unpaired) electrons. The van der Waals surface area contributed by atoms with Gasteiger partial charge in [0.05, 0.1) is 27.3 Å². The van der Waals surface area contributed by atoms with Crippen LogP contribution in [0.1, 0.15) is 17.0 Å². The molecule has 4 rings (SSSR count). The van der Waals surface area contributed by atoms with Gasteiger partial charge in [-0.1, -0.05) is 87.7 Å². The SMILES string of the molecule is O=C1C(/C=C\c2cccc(Br)c2)c2ccccc2N1c1c(Cl)cccc1Cl. The Labute approximate surface area is 176 Å². The molecule has 1 unspecified atom stereocenters. The van der Waals surface area contributed by atoms with E-state index < -0.39 is 5.92 Å². The van der Waals surface area contributed by atoms with E-state index in [1.165, 1.54) is 0 Å². The summed E-state index contributed by atoms with van der Waals surface area (Å²) in [4.78, 5) is 14.9. The number of carbonyl (C=O) groups is 1. The fraction of sp³-hybridized carbons (Fsp3) is 0.0455. The molecule has 0 bridgehead atoms. The predicted molar refractivity (Wildman–Crippen MR) is 116 cm³/mol. The molecular weight excluding hydrogens is 445 g/mol. The Morgan fingerprint density at radius 3 is 2.37 bits per heavy atom. The highest BCUT2D eigenvalue weighted by Crippen LogP contribution is 2.47. The first-order chi connectivity index (χ1) is 13.1. The zero-order valence-corrected chi connectivity index (χ0v) is 17.2. The lowest BCUT2D eigenvalue weighted by molar-refractivity contribution is -0.117. The molecule has 3 aromatic rings. The molecule has 0 saturated carbocycles. The summed E-state index contributed by atoms with van der Waals surface area (Å²) < 4.78 is 0.993. The Kier molecular flexibility index (Phi) is 5.09. The molecule has 0 saturated heterocycles. The molecular formula is C22H14BrCl2NO. The van der Waals surface area contributed by atoms with E-state index in [2.05, 4.69) is 15.9 Å². The van der Waals surface area contributed by atoms with Gasteiger partial charge < -0.3 is 0 Å². The first kappa shape index (κ1) is 18.3. The Bertz CT molecular complexity index is 1040. The first-order valence-electron chi connectivity index (χ1n) is 8.37. The van der Waals surface area contributed by atoms with Gasteiger partial charge in [0.25, 0.3) is 0 Å². The van der Waals surface area contributed by atoms with Crippen molar-refractivity contribution in [2.45, 2.75) is 5.92 Å². The van der Waals surface area contributed by atoms with Crippen LogP contribution < -0.4 is 4.90 Å². The quantitative estimate of drug-likeness (QED) is 0.405. The van der Waals surface area contributed by atoms with Gasteiger partial charge in [-0.3, -0.25) is 9.69 Å². The average Bonchev–Trinajstić information content (AvgIpc) is 2.92. The largest absolute Gasteiger partial charge is 0.277 e. The van der Waals surface area contributed by atoms with Crippen LogP contribution in [0.4, 0.5) is 11.4 Å². The van der Waals surface area contributed by atoms with E-state index in [-0.39, 0.29) is 5.91 Å². The minimum atomic E-state index is -0.396. The van der Waals surface area contributed by atoms with Gasteiger partial charge in [-0.15, -0.1) is 0 Å². The molecule has 0 aliphatic carbocycles. The predicted octanol–water partition coefficient (Wildman–Crippen LogP) is 7.23. The second kappa shape index (κ2) is 7.51. The molecule has 0 aromatic heterocycles. The number of hydrogen-bond donors (Lipinski definition) is 0. The maximum atomic E-state index is 13.3. The van der Waals surface area contributed by atoms with Crippen molar-refractivity contribution in [1.82, 2.24) is 0 Å². The highest BCUT2D eigenvalue weighted by atomic mass is 79.9. The number of carbonyl (C=O) groups excluding carboxylic acids is 1. The normalized spacial score (nSPS) is 16.2. The van der Waals surface area contributed by atoms with Crippen LogP contribution in [0.3, 0.4) is 0 Å². The van der Waals surface area contributed by atoms with E-state index in [1.807, 2.05) is 60.7 Å². The van der Waals surface area contributed by atoms with E-state index in [4.69, 9.17) is 23.2 Å². The summed E-state index contributed by atoms with van der Waals surface area (Å²) in [5, 5.41) is 0.893. The molecule has 1 heterocycles. The smallest absolute Gasteiger partial charge is 0.243 e. The van der Waals surface area contributed by atoms with Gasteiger partial charge in [-0.25, -0.2) is 0 Å².